The zero-order chi connectivity index (χ0) is 17.1. The Labute approximate surface area is 140 Å². The summed E-state index contributed by atoms with van der Waals surface area (Å²) in [6.45, 7) is 2.59. The van der Waals surface area contributed by atoms with Crippen LogP contribution in [0.3, 0.4) is 0 Å². The van der Waals surface area contributed by atoms with Crippen LogP contribution in [-0.4, -0.2) is 38.0 Å². The summed E-state index contributed by atoms with van der Waals surface area (Å²) in [5, 5.41) is 6.82. The third-order valence-electron chi connectivity index (χ3n) is 4.15. The molecule has 3 rings (SSSR count). The van der Waals surface area contributed by atoms with E-state index in [1.54, 1.807) is 24.1 Å². The molecule has 1 N–H and O–H groups in total. The van der Waals surface area contributed by atoms with E-state index < -0.39 is 0 Å². The molecule has 2 aromatic heterocycles. The molecule has 0 aliphatic carbocycles. The van der Waals surface area contributed by atoms with Gasteiger partial charge in [0.2, 0.25) is 5.91 Å². The number of nitrogens with one attached hydrogen (secondary N) is 1. The molecule has 0 spiro atoms. The van der Waals surface area contributed by atoms with Gasteiger partial charge in [-0.25, -0.2) is 0 Å². The molecule has 1 aliphatic heterocycles. The van der Waals surface area contributed by atoms with E-state index in [1.807, 2.05) is 23.1 Å². The van der Waals surface area contributed by atoms with Crippen LogP contribution in [0.25, 0.3) is 0 Å². The lowest BCUT2D eigenvalue weighted by molar-refractivity contribution is -0.119. The molecule has 1 fully saturated rings. The van der Waals surface area contributed by atoms with Crippen molar-refractivity contribution < 1.29 is 9.59 Å². The highest BCUT2D eigenvalue weighted by Crippen LogP contribution is 2.32. The highest BCUT2D eigenvalue weighted by atomic mass is 16.2. The molecule has 126 valence electrons. The number of carbonyl (C=O) groups is 2. The fraction of sp³-hybridized carbons (Fsp3) is 0.412. The molecule has 0 saturated carbocycles. The van der Waals surface area contributed by atoms with E-state index in [0.717, 1.165) is 30.8 Å². The number of pyridine rings is 1. The Morgan fingerprint density at radius 2 is 2.21 bits per heavy atom. The number of rotatable bonds is 4. The SMILES string of the molecule is CC(=O)NCc1cccc([C@H]2CCCN2C(=O)c2cnn(C)c2)n1. The normalized spacial score (nSPS) is 17.1. The van der Waals surface area contributed by atoms with Gasteiger partial charge in [0, 0.05) is 26.7 Å². The first-order valence-electron chi connectivity index (χ1n) is 8.04. The van der Waals surface area contributed by atoms with Gasteiger partial charge in [0.1, 0.15) is 0 Å². The molecular formula is C17H21N5O2. The van der Waals surface area contributed by atoms with Crippen molar-refractivity contribution in [2.75, 3.05) is 6.54 Å². The van der Waals surface area contributed by atoms with E-state index in [0.29, 0.717) is 12.1 Å². The van der Waals surface area contributed by atoms with E-state index in [-0.39, 0.29) is 17.9 Å². The van der Waals surface area contributed by atoms with Crippen LogP contribution in [0.4, 0.5) is 0 Å². The second-order valence-corrected chi connectivity index (χ2v) is 6.02. The summed E-state index contributed by atoms with van der Waals surface area (Å²) in [6.07, 6.45) is 5.17. The first-order chi connectivity index (χ1) is 11.5. The van der Waals surface area contributed by atoms with Crippen LogP contribution in [0, 0.1) is 0 Å². The Bertz CT molecular complexity index is 755. The van der Waals surface area contributed by atoms with Crippen molar-refractivity contribution in [1.29, 1.82) is 0 Å². The number of aromatic nitrogens is 3. The molecule has 7 heteroatoms. The summed E-state index contributed by atoms with van der Waals surface area (Å²) >= 11 is 0. The lowest BCUT2D eigenvalue weighted by Gasteiger charge is -2.24. The summed E-state index contributed by atoms with van der Waals surface area (Å²) in [6, 6.07) is 5.71. The van der Waals surface area contributed by atoms with Crippen molar-refractivity contribution in [2.45, 2.75) is 32.4 Å². The number of amides is 2. The van der Waals surface area contributed by atoms with Crippen LogP contribution in [0.1, 0.15) is 47.6 Å². The van der Waals surface area contributed by atoms with Gasteiger partial charge in [-0.15, -0.1) is 0 Å². The van der Waals surface area contributed by atoms with Crippen molar-refractivity contribution in [1.82, 2.24) is 25.0 Å². The van der Waals surface area contributed by atoms with Gasteiger partial charge in [-0.05, 0) is 25.0 Å². The van der Waals surface area contributed by atoms with Gasteiger partial charge in [-0.2, -0.15) is 5.10 Å². The highest BCUT2D eigenvalue weighted by Gasteiger charge is 2.32. The summed E-state index contributed by atoms with van der Waals surface area (Å²) in [4.78, 5) is 30.3. The Kier molecular flexibility index (Phi) is 4.59. The molecule has 24 heavy (non-hydrogen) atoms. The van der Waals surface area contributed by atoms with Crippen LogP contribution < -0.4 is 5.32 Å². The van der Waals surface area contributed by atoms with Crippen molar-refractivity contribution in [2.24, 2.45) is 7.05 Å². The third-order valence-corrected chi connectivity index (χ3v) is 4.15. The molecule has 0 bridgehead atoms. The number of carbonyl (C=O) groups excluding carboxylic acids is 2. The zero-order valence-corrected chi connectivity index (χ0v) is 13.9. The van der Waals surface area contributed by atoms with Gasteiger partial charge in [-0.1, -0.05) is 6.07 Å². The summed E-state index contributed by atoms with van der Waals surface area (Å²) in [7, 11) is 1.80. The standard InChI is InChI=1S/C17H21N5O2/c1-12(23)18-10-14-5-3-6-15(20-14)16-7-4-8-22(16)17(24)13-9-19-21(2)11-13/h3,5-6,9,11,16H,4,7-8,10H2,1-2H3,(H,18,23)/t16-/m1/s1. The molecule has 0 radical (unpaired) electrons. The quantitative estimate of drug-likeness (QED) is 0.921. The highest BCUT2D eigenvalue weighted by molar-refractivity contribution is 5.94. The van der Waals surface area contributed by atoms with E-state index >= 15 is 0 Å². The number of hydrogen-bond donors (Lipinski definition) is 1. The predicted molar refractivity (Wildman–Crippen MR) is 88.0 cm³/mol. The summed E-state index contributed by atoms with van der Waals surface area (Å²) in [5.41, 5.74) is 2.26. The van der Waals surface area contributed by atoms with Gasteiger partial charge in [0.15, 0.2) is 0 Å². The van der Waals surface area contributed by atoms with Gasteiger partial charge in [-0.3, -0.25) is 19.3 Å². The zero-order valence-electron chi connectivity index (χ0n) is 13.9. The van der Waals surface area contributed by atoms with Crippen molar-refractivity contribution in [3.63, 3.8) is 0 Å². The number of nitrogens with zero attached hydrogens (tertiary/aromatic N) is 4. The van der Waals surface area contributed by atoms with Crippen molar-refractivity contribution in [3.8, 4) is 0 Å². The topological polar surface area (TPSA) is 80.1 Å². The lowest BCUT2D eigenvalue weighted by atomic mass is 10.1. The molecule has 0 unspecified atom stereocenters. The minimum absolute atomic E-state index is 0.0142. The second kappa shape index (κ2) is 6.82. The predicted octanol–water partition coefficient (Wildman–Crippen LogP) is 1.43. The van der Waals surface area contributed by atoms with Crippen molar-refractivity contribution >= 4 is 11.8 Å². The smallest absolute Gasteiger partial charge is 0.257 e. The van der Waals surface area contributed by atoms with Crippen LogP contribution in [0.2, 0.25) is 0 Å². The number of likely N-dealkylation sites (tertiary alicyclic amines) is 1. The fourth-order valence-corrected chi connectivity index (χ4v) is 3.01. The van der Waals surface area contributed by atoms with E-state index in [4.69, 9.17) is 0 Å². The average Bonchev–Trinajstić information content (AvgIpc) is 3.21. The molecule has 1 atom stereocenters. The van der Waals surface area contributed by atoms with Crippen molar-refractivity contribution in [3.05, 3.63) is 47.5 Å². The molecular weight excluding hydrogens is 306 g/mol. The van der Waals surface area contributed by atoms with E-state index in [2.05, 4.69) is 15.4 Å². The molecule has 2 amide bonds. The largest absolute Gasteiger partial charge is 0.351 e. The van der Waals surface area contributed by atoms with Crippen LogP contribution in [-0.2, 0) is 18.4 Å². The van der Waals surface area contributed by atoms with Crippen LogP contribution in [0.15, 0.2) is 30.6 Å². The Balaban J connectivity index is 1.79. The maximum absolute atomic E-state index is 12.7. The minimum Gasteiger partial charge on any atom is -0.351 e. The second-order valence-electron chi connectivity index (χ2n) is 6.02. The Morgan fingerprint density at radius 3 is 2.92 bits per heavy atom. The maximum atomic E-state index is 12.7. The number of aryl methyl sites for hydroxylation is 1. The Hall–Kier alpha value is -2.70. The average molecular weight is 327 g/mol. The van der Waals surface area contributed by atoms with E-state index in [1.165, 1.54) is 6.92 Å². The summed E-state index contributed by atoms with van der Waals surface area (Å²) in [5.74, 6) is -0.101. The first-order valence-corrected chi connectivity index (χ1v) is 8.04. The molecule has 2 aromatic rings. The first kappa shape index (κ1) is 16.2. The monoisotopic (exact) mass is 327 g/mol. The van der Waals surface area contributed by atoms with Gasteiger partial charge in [0.25, 0.3) is 5.91 Å². The van der Waals surface area contributed by atoms with Gasteiger partial charge >= 0.3 is 0 Å². The molecule has 7 nitrogen and oxygen atoms in total. The summed E-state index contributed by atoms with van der Waals surface area (Å²) < 4.78 is 1.63. The maximum Gasteiger partial charge on any atom is 0.257 e. The lowest BCUT2D eigenvalue weighted by Crippen LogP contribution is -2.31. The Morgan fingerprint density at radius 1 is 1.38 bits per heavy atom. The molecule has 0 aromatic carbocycles. The molecule has 1 saturated heterocycles. The number of hydrogen-bond acceptors (Lipinski definition) is 4. The van der Waals surface area contributed by atoms with Crippen LogP contribution in [0.5, 0.6) is 0 Å². The minimum atomic E-state index is -0.0866. The fourth-order valence-electron chi connectivity index (χ4n) is 3.01. The van der Waals surface area contributed by atoms with Gasteiger partial charge < -0.3 is 10.2 Å². The molecule has 3 heterocycles. The van der Waals surface area contributed by atoms with E-state index in [9.17, 15) is 9.59 Å². The van der Waals surface area contributed by atoms with Crippen LogP contribution >= 0.6 is 0 Å². The molecule has 1 aliphatic rings. The third kappa shape index (κ3) is 3.45. The van der Waals surface area contributed by atoms with Gasteiger partial charge in [0.05, 0.1) is 35.7 Å².